The van der Waals surface area contributed by atoms with Gasteiger partial charge in [-0.2, -0.15) is 5.10 Å². The van der Waals surface area contributed by atoms with E-state index < -0.39 is 0 Å². The zero-order chi connectivity index (χ0) is 24.1. The average molecular weight is 478 g/mol. The first-order valence-corrected chi connectivity index (χ1v) is 12.6. The van der Waals surface area contributed by atoms with Gasteiger partial charge >= 0.3 is 0 Å². The number of aromatic nitrogens is 7. The van der Waals surface area contributed by atoms with Crippen molar-refractivity contribution < 1.29 is 0 Å². The molecule has 36 heavy (non-hydrogen) atoms. The van der Waals surface area contributed by atoms with Crippen LogP contribution in [0.5, 0.6) is 0 Å². The monoisotopic (exact) mass is 477 g/mol. The number of nitrogens with zero attached hydrogens (tertiary/aromatic N) is 6. The molecule has 9 heteroatoms. The van der Waals surface area contributed by atoms with Crippen molar-refractivity contribution in [2.24, 2.45) is 5.92 Å². The topological polar surface area (TPSA) is 111 Å². The number of aromatic amines is 2. The Bertz CT molecular complexity index is 1590. The fraction of sp³-hybridized carbons (Fsp3) is 0.296. The number of nitrogens with one attached hydrogen (secondary N) is 3. The van der Waals surface area contributed by atoms with E-state index >= 15 is 0 Å². The van der Waals surface area contributed by atoms with E-state index in [1.807, 2.05) is 36.9 Å². The molecule has 0 bridgehead atoms. The Labute approximate surface area is 208 Å². The van der Waals surface area contributed by atoms with Gasteiger partial charge in [0.1, 0.15) is 11.0 Å². The number of fused-ring (bicyclic) bond motifs is 2. The molecule has 7 rings (SSSR count). The fourth-order valence-electron chi connectivity index (χ4n) is 4.99. The van der Waals surface area contributed by atoms with Crippen LogP contribution in [-0.4, -0.2) is 48.2 Å². The van der Waals surface area contributed by atoms with Crippen LogP contribution in [-0.2, 0) is 0 Å². The lowest BCUT2D eigenvalue weighted by atomic mass is 10.1. The fourth-order valence-corrected chi connectivity index (χ4v) is 4.99. The standard InChI is InChI=1S/C27H27N9/c1-16(17-5-6-17)30-19-11-18(12-28-13-19)20-7-8-21-25(31-20)26(35-34-21)27-32-22-14-29-15-23(24(22)33-27)36-9-3-2-4-10-36/h7-8,11-15,17,30H,1-6,9-10H2,(H,32,33)(H,34,35). The highest BCUT2D eigenvalue weighted by molar-refractivity contribution is 5.94. The Balaban J connectivity index is 1.25. The molecule has 2 aliphatic rings. The molecule has 180 valence electrons. The lowest BCUT2D eigenvalue weighted by Gasteiger charge is -2.28. The molecule has 0 radical (unpaired) electrons. The number of allylic oxidation sites excluding steroid dienone is 1. The molecule has 0 aromatic carbocycles. The van der Waals surface area contributed by atoms with Crippen LogP contribution in [0.3, 0.4) is 0 Å². The first-order valence-electron chi connectivity index (χ1n) is 12.6. The van der Waals surface area contributed by atoms with Gasteiger partial charge < -0.3 is 15.2 Å². The molecule has 5 aromatic rings. The summed E-state index contributed by atoms with van der Waals surface area (Å²) >= 11 is 0. The van der Waals surface area contributed by atoms with Crippen molar-refractivity contribution in [3.05, 3.63) is 55.3 Å². The molecule has 1 saturated heterocycles. The zero-order valence-corrected chi connectivity index (χ0v) is 20.0. The first kappa shape index (κ1) is 21.0. The summed E-state index contributed by atoms with van der Waals surface area (Å²) in [6, 6.07) is 6.05. The van der Waals surface area contributed by atoms with Crippen LogP contribution in [0.1, 0.15) is 32.1 Å². The summed E-state index contributed by atoms with van der Waals surface area (Å²) in [6.07, 6.45) is 13.5. The van der Waals surface area contributed by atoms with Gasteiger partial charge in [0.05, 0.1) is 46.7 Å². The predicted molar refractivity (Wildman–Crippen MR) is 142 cm³/mol. The highest BCUT2D eigenvalue weighted by Gasteiger charge is 2.25. The maximum Gasteiger partial charge on any atom is 0.161 e. The van der Waals surface area contributed by atoms with Crippen molar-refractivity contribution in [2.45, 2.75) is 32.1 Å². The molecule has 2 fully saturated rings. The number of pyridine rings is 3. The summed E-state index contributed by atoms with van der Waals surface area (Å²) in [5.74, 6) is 1.26. The van der Waals surface area contributed by atoms with Gasteiger partial charge in [-0.25, -0.2) is 9.97 Å². The van der Waals surface area contributed by atoms with Crippen molar-refractivity contribution in [3.8, 4) is 22.8 Å². The summed E-state index contributed by atoms with van der Waals surface area (Å²) in [5.41, 5.74) is 8.94. The highest BCUT2D eigenvalue weighted by atomic mass is 15.2. The predicted octanol–water partition coefficient (Wildman–Crippen LogP) is 5.28. The molecule has 5 aromatic heterocycles. The summed E-state index contributed by atoms with van der Waals surface area (Å²) in [6.45, 7) is 6.24. The van der Waals surface area contributed by atoms with E-state index in [4.69, 9.17) is 9.97 Å². The molecule has 0 spiro atoms. The van der Waals surface area contributed by atoms with Crippen molar-refractivity contribution in [1.82, 2.24) is 35.1 Å². The number of H-pyrrole nitrogens is 2. The Morgan fingerprint density at radius 3 is 2.67 bits per heavy atom. The van der Waals surface area contributed by atoms with Crippen LogP contribution in [0, 0.1) is 5.92 Å². The normalized spacial score (nSPS) is 16.1. The summed E-state index contributed by atoms with van der Waals surface area (Å²) in [4.78, 5) is 24.6. The van der Waals surface area contributed by atoms with Crippen molar-refractivity contribution in [3.63, 3.8) is 0 Å². The van der Waals surface area contributed by atoms with Gasteiger partial charge in [-0.3, -0.25) is 15.1 Å². The van der Waals surface area contributed by atoms with Crippen molar-refractivity contribution in [1.29, 1.82) is 0 Å². The van der Waals surface area contributed by atoms with E-state index in [2.05, 4.69) is 48.0 Å². The summed E-state index contributed by atoms with van der Waals surface area (Å²) in [7, 11) is 0. The molecule has 1 saturated carbocycles. The molecule has 0 atom stereocenters. The SMILES string of the molecule is C=C(Nc1cncc(-c2ccc3[nH]nc(-c4nc5c(N6CCCCC6)cncc5[nH]4)c3n2)c1)C1CC1. The van der Waals surface area contributed by atoms with Gasteiger partial charge in [0.2, 0.25) is 0 Å². The maximum absolute atomic E-state index is 4.96. The Kier molecular flexibility index (Phi) is 4.93. The second-order valence-electron chi connectivity index (χ2n) is 9.74. The van der Waals surface area contributed by atoms with E-state index in [1.165, 1.54) is 32.1 Å². The molecular formula is C27H27N9. The van der Waals surface area contributed by atoms with Gasteiger partial charge in [-0.1, -0.05) is 6.58 Å². The number of hydrogen-bond donors (Lipinski definition) is 3. The van der Waals surface area contributed by atoms with Gasteiger partial charge in [-0.05, 0) is 56.2 Å². The molecule has 0 unspecified atom stereocenters. The number of hydrogen-bond acceptors (Lipinski definition) is 7. The number of rotatable bonds is 6. The highest BCUT2D eigenvalue weighted by Crippen LogP contribution is 2.36. The van der Waals surface area contributed by atoms with E-state index in [0.717, 1.165) is 63.5 Å². The smallest absolute Gasteiger partial charge is 0.161 e. The van der Waals surface area contributed by atoms with Gasteiger partial charge in [-0.15, -0.1) is 0 Å². The minimum atomic E-state index is 0.575. The molecule has 0 amide bonds. The minimum Gasteiger partial charge on any atom is -0.368 e. The van der Waals surface area contributed by atoms with Crippen LogP contribution in [0.25, 0.3) is 44.8 Å². The quantitative estimate of drug-likeness (QED) is 0.305. The van der Waals surface area contributed by atoms with E-state index in [1.54, 1.807) is 0 Å². The Morgan fingerprint density at radius 1 is 0.944 bits per heavy atom. The molecular weight excluding hydrogens is 450 g/mol. The summed E-state index contributed by atoms with van der Waals surface area (Å²) in [5, 5.41) is 11.1. The third-order valence-corrected chi connectivity index (χ3v) is 7.11. The second-order valence-corrected chi connectivity index (χ2v) is 9.74. The lowest BCUT2D eigenvalue weighted by Crippen LogP contribution is -2.29. The van der Waals surface area contributed by atoms with Crippen LogP contribution < -0.4 is 10.2 Å². The summed E-state index contributed by atoms with van der Waals surface area (Å²) < 4.78 is 0. The van der Waals surface area contributed by atoms with Crippen LogP contribution in [0.15, 0.2) is 55.3 Å². The minimum absolute atomic E-state index is 0.575. The zero-order valence-electron chi connectivity index (χ0n) is 20.0. The third kappa shape index (κ3) is 3.77. The van der Waals surface area contributed by atoms with Crippen LogP contribution in [0.2, 0.25) is 0 Å². The van der Waals surface area contributed by atoms with Crippen molar-refractivity contribution >= 4 is 33.4 Å². The number of piperidine rings is 1. The van der Waals surface area contributed by atoms with E-state index in [0.29, 0.717) is 17.4 Å². The van der Waals surface area contributed by atoms with Gasteiger partial charge in [0, 0.05) is 30.5 Å². The van der Waals surface area contributed by atoms with Gasteiger partial charge in [0.15, 0.2) is 11.5 Å². The third-order valence-electron chi connectivity index (χ3n) is 7.11. The molecule has 3 N–H and O–H groups in total. The average Bonchev–Trinajstić information content (AvgIpc) is 3.55. The molecule has 1 aliphatic heterocycles. The van der Waals surface area contributed by atoms with E-state index in [9.17, 15) is 0 Å². The van der Waals surface area contributed by atoms with Gasteiger partial charge in [0.25, 0.3) is 0 Å². The lowest BCUT2D eigenvalue weighted by molar-refractivity contribution is 0.578. The Morgan fingerprint density at radius 2 is 1.81 bits per heavy atom. The number of imidazole rings is 1. The first-order chi connectivity index (χ1) is 17.7. The van der Waals surface area contributed by atoms with E-state index in [-0.39, 0.29) is 0 Å². The van der Waals surface area contributed by atoms with Crippen molar-refractivity contribution in [2.75, 3.05) is 23.3 Å². The number of anilines is 2. The van der Waals surface area contributed by atoms with Crippen LogP contribution >= 0.6 is 0 Å². The molecule has 6 heterocycles. The molecule has 9 nitrogen and oxygen atoms in total. The van der Waals surface area contributed by atoms with Crippen LogP contribution in [0.4, 0.5) is 11.4 Å². The second kappa shape index (κ2) is 8.44. The Hall–Kier alpha value is -4.27. The molecule has 1 aliphatic carbocycles. The largest absolute Gasteiger partial charge is 0.368 e. The maximum atomic E-state index is 4.96.